The summed E-state index contributed by atoms with van der Waals surface area (Å²) < 4.78 is 16.0. The molecular formula is C27H40O9. The fourth-order valence-corrected chi connectivity index (χ4v) is 8.64. The van der Waals surface area contributed by atoms with Crippen molar-refractivity contribution in [2.75, 3.05) is 13.2 Å². The van der Waals surface area contributed by atoms with Crippen LogP contribution < -0.4 is 0 Å². The van der Waals surface area contributed by atoms with Gasteiger partial charge in [-0.25, -0.2) is 0 Å². The second-order valence-electron chi connectivity index (χ2n) is 11.9. The molecule has 4 aliphatic carbocycles. The number of fused-ring (bicyclic) bond motifs is 5. The van der Waals surface area contributed by atoms with Gasteiger partial charge in [0.25, 0.3) is 0 Å². The molecule has 2 N–H and O–H groups in total. The molecule has 4 fully saturated rings. The van der Waals surface area contributed by atoms with Crippen molar-refractivity contribution in [2.24, 2.45) is 28.6 Å². The van der Waals surface area contributed by atoms with E-state index in [1.165, 1.54) is 20.8 Å². The minimum absolute atomic E-state index is 0.0500. The van der Waals surface area contributed by atoms with Gasteiger partial charge in [0, 0.05) is 43.9 Å². The molecule has 202 valence electrons. The normalized spacial score (nSPS) is 43.4. The van der Waals surface area contributed by atoms with E-state index in [2.05, 4.69) is 0 Å². The molecule has 0 spiro atoms. The lowest BCUT2D eigenvalue weighted by Gasteiger charge is -2.66. The van der Waals surface area contributed by atoms with Gasteiger partial charge in [-0.2, -0.15) is 0 Å². The number of rotatable bonds is 6. The van der Waals surface area contributed by atoms with E-state index in [-0.39, 0.29) is 43.2 Å². The number of ether oxygens (including phenoxy) is 3. The Labute approximate surface area is 212 Å². The highest BCUT2D eigenvalue weighted by Gasteiger charge is 2.72. The monoisotopic (exact) mass is 508 g/mol. The van der Waals surface area contributed by atoms with Gasteiger partial charge in [0.05, 0.1) is 17.8 Å². The summed E-state index contributed by atoms with van der Waals surface area (Å²) in [6.45, 7) is 5.72. The van der Waals surface area contributed by atoms with Gasteiger partial charge >= 0.3 is 17.9 Å². The van der Waals surface area contributed by atoms with Crippen LogP contribution in [0.1, 0.15) is 85.5 Å². The molecule has 0 heterocycles. The highest BCUT2D eigenvalue weighted by Crippen LogP contribution is 2.70. The van der Waals surface area contributed by atoms with Gasteiger partial charge in [-0.3, -0.25) is 19.2 Å². The maximum atomic E-state index is 13.0. The van der Waals surface area contributed by atoms with Crippen molar-refractivity contribution in [3.05, 3.63) is 0 Å². The van der Waals surface area contributed by atoms with Crippen molar-refractivity contribution in [1.82, 2.24) is 0 Å². The molecule has 36 heavy (non-hydrogen) atoms. The zero-order valence-electron chi connectivity index (χ0n) is 21.8. The fraction of sp³-hybridized carbons (Fsp3) is 0.852. The quantitative estimate of drug-likeness (QED) is 0.409. The van der Waals surface area contributed by atoms with Crippen LogP contribution in [0.5, 0.6) is 0 Å². The van der Waals surface area contributed by atoms with Crippen molar-refractivity contribution in [3.63, 3.8) is 0 Å². The van der Waals surface area contributed by atoms with Crippen LogP contribution in [0.15, 0.2) is 0 Å². The van der Waals surface area contributed by atoms with Crippen molar-refractivity contribution >= 4 is 23.7 Å². The molecule has 0 aromatic rings. The highest BCUT2D eigenvalue weighted by molar-refractivity contribution is 5.85. The molecule has 4 aliphatic rings. The van der Waals surface area contributed by atoms with E-state index in [0.29, 0.717) is 51.4 Å². The zero-order valence-corrected chi connectivity index (χ0v) is 21.8. The van der Waals surface area contributed by atoms with Crippen LogP contribution in [-0.4, -0.2) is 64.4 Å². The molecule has 9 heteroatoms. The third-order valence-corrected chi connectivity index (χ3v) is 10.3. The number of aliphatic hydroxyl groups is 2. The van der Waals surface area contributed by atoms with Crippen molar-refractivity contribution in [1.29, 1.82) is 0 Å². The minimum Gasteiger partial charge on any atom is -0.465 e. The van der Waals surface area contributed by atoms with Crippen LogP contribution >= 0.6 is 0 Å². The van der Waals surface area contributed by atoms with Gasteiger partial charge in [-0.05, 0) is 63.2 Å². The van der Waals surface area contributed by atoms with Gasteiger partial charge in [0.2, 0.25) is 0 Å². The van der Waals surface area contributed by atoms with Crippen LogP contribution in [0.25, 0.3) is 0 Å². The number of esters is 3. The molecule has 9 nitrogen and oxygen atoms in total. The molecule has 4 rings (SSSR count). The zero-order chi connectivity index (χ0) is 26.5. The SMILES string of the molecule is CC(=O)OCC(=O)[C@@H]1CC[C@]2(O)[C@H]3CC[C@@]4(O)C[C@@H](OC(C)=O)CC[C@]4(COC(C)=O)[C@@H]3CC[C@@]12C. The molecular weight excluding hydrogens is 468 g/mol. The van der Waals surface area contributed by atoms with Crippen LogP contribution in [0.3, 0.4) is 0 Å². The van der Waals surface area contributed by atoms with Crippen molar-refractivity contribution in [2.45, 2.75) is 103 Å². The van der Waals surface area contributed by atoms with Crippen molar-refractivity contribution < 1.29 is 43.6 Å². The summed E-state index contributed by atoms with van der Waals surface area (Å²) in [6, 6.07) is 0. The molecule has 0 unspecified atom stereocenters. The fourth-order valence-electron chi connectivity index (χ4n) is 8.64. The number of ketones is 1. The largest absolute Gasteiger partial charge is 0.465 e. The summed E-state index contributed by atoms with van der Waals surface area (Å²) >= 11 is 0. The lowest BCUT2D eigenvalue weighted by atomic mass is 9.41. The number of carbonyl (C=O) groups is 4. The number of carbonyl (C=O) groups excluding carboxylic acids is 4. The smallest absolute Gasteiger partial charge is 0.303 e. The first-order valence-electron chi connectivity index (χ1n) is 13.2. The Morgan fingerprint density at radius 1 is 0.806 bits per heavy atom. The molecule has 0 aromatic carbocycles. The second-order valence-corrected chi connectivity index (χ2v) is 11.9. The van der Waals surface area contributed by atoms with Crippen molar-refractivity contribution in [3.8, 4) is 0 Å². The standard InChI is InChI=1S/C27H40O9/c1-16(28)34-14-23(31)22-8-12-27(33)21-7-11-26(32)13-19(36-18(3)30)5-10-25(26,15-35-17(2)29)20(21)6-9-24(22,27)4/h19-22,32-33H,5-15H2,1-4H3/t19-,20+,21-,22-,24-,25-,26+,27-/m0/s1. The second kappa shape index (κ2) is 9.39. The first kappa shape index (κ1) is 27.0. The molecule has 0 bridgehead atoms. The lowest BCUT2D eigenvalue weighted by Crippen LogP contribution is -2.69. The summed E-state index contributed by atoms with van der Waals surface area (Å²) in [5.41, 5.74) is -3.76. The Balaban J connectivity index is 1.65. The maximum Gasteiger partial charge on any atom is 0.303 e. The van der Waals surface area contributed by atoms with Gasteiger partial charge in [0.15, 0.2) is 5.78 Å². The topological polar surface area (TPSA) is 136 Å². The van der Waals surface area contributed by atoms with E-state index in [1.807, 2.05) is 6.92 Å². The average Bonchev–Trinajstić information content (AvgIpc) is 3.06. The Bertz CT molecular complexity index is 932. The van der Waals surface area contributed by atoms with Gasteiger partial charge in [0.1, 0.15) is 12.7 Å². The van der Waals surface area contributed by atoms with Gasteiger partial charge in [-0.15, -0.1) is 0 Å². The van der Waals surface area contributed by atoms with Gasteiger partial charge < -0.3 is 24.4 Å². The van der Waals surface area contributed by atoms with E-state index >= 15 is 0 Å². The number of hydrogen-bond acceptors (Lipinski definition) is 9. The van der Waals surface area contributed by atoms with Gasteiger partial charge in [-0.1, -0.05) is 6.92 Å². The Hall–Kier alpha value is -2.00. The first-order chi connectivity index (χ1) is 16.8. The molecule has 4 saturated carbocycles. The minimum atomic E-state index is -1.20. The van der Waals surface area contributed by atoms with E-state index in [1.54, 1.807) is 0 Å². The van der Waals surface area contributed by atoms with E-state index in [9.17, 15) is 29.4 Å². The molecule has 0 saturated heterocycles. The molecule has 0 aliphatic heterocycles. The van der Waals surface area contributed by atoms with E-state index in [0.717, 1.165) is 0 Å². The summed E-state index contributed by atoms with van der Waals surface area (Å²) in [5.74, 6) is -2.18. The Morgan fingerprint density at radius 2 is 1.47 bits per heavy atom. The van der Waals surface area contributed by atoms with Crippen LogP contribution in [-0.2, 0) is 33.4 Å². The molecule has 0 aromatic heterocycles. The molecule has 0 radical (unpaired) electrons. The van der Waals surface area contributed by atoms with Crippen LogP contribution in [0.4, 0.5) is 0 Å². The summed E-state index contributed by atoms with van der Waals surface area (Å²) in [4.78, 5) is 47.8. The summed E-state index contributed by atoms with van der Waals surface area (Å²) in [7, 11) is 0. The summed E-state index contributed by atoms with van der Waals surface area (Å²) in [5, 5.41) is 24.3. The third-order valence-electron chi connectivity index (χ3n) is 10.3. The number of hydrogen-bond donors (Lipinski definition) is 2. The first-order valence-corrected chi connectivity index (χ1v) is 13.2. The molecule has 0 amide bonds. The predicted molar refractivity (Wildman–Crippen MR) is 126 cm³/mol. The summed E-state index contributed by atoms with van der Waals surface area (Å²) in [6.07, 6.45) is 4.10. The van der Waals surface area contributed by atoms with E-state index < -0.39 is 46.0 Å². The average molecular weight is 509 g/mol. The Morgan fingerprint density at radius 3 is 2.11 bits per heavy atom. The maximum absolute atomic E-state index is 13.0. The highest BCUT2D eigenvalue weighted by atomic mass is 16.5. The van der Waals surface area contributed by atoms with Crippen LogP contribution in [0, 0.1) is 28.6 Å². The predicted octanol–water partition coefficient (Wildman–Crippen LogP) is 2.48. The molecule has 8 atom stereocenters. The number of Topliss-reactive ketones (excluding diaryl/α,β-unsaturated/α-hetero) is 1. The Kier molecular flexibility index (Phi) is 7.05. The van der Waals surface area contributed by atoms with E-state index in [4.69, 9.17) is 14.2 Å². The third kappa shape index (κ3) is 4.16. The lowest BCUT2D eigenvalue weighted by molar-refractivity contribution is -0.272. The van der Waals surface area contributed by atoms with Crippen LogP contribution in [0.2, 0.25) is 0 Å².